The van der Waals surface area contributed by atoms with Gasteiger partial charge >= 0.3 is 5.97 Å². The van der Waals surface area contributed by atoms with Crippen molar-refractivity contribution in [2.45, 2.75) is 44.2 Å². The topological polar surface area (TPSA) is 106 Å². The summed E-state index contributed by atoms with van der Waals surface area (Å²) in [7, 11) is 0. The van der Waals surface area contributed by atoms with E-state index in [4.69, 9.17) is 10.5 Å². The molecular weight excluding hydrogens is 310 g/mol. The van der Waals surface area contributed by atoms with Gasteiger partial charge in [0.05, 0.1) is 6.04 Å². The van der Waals surface area contributed by atoms with Gasteiger partial charge in [-0.1, -0.05) is 13.0 Å². The number of hydrogen-bond donors (Lipinski definition) is 2. The minimum atomic E-state index is -1.31. The molecule has 3 rings (SSSR count). The van der Waals surface area contributed by atoms with Gasteiger partial charge in [-0.2, -0.15) is 0 Å². The fourth-order valence-corrected chi connectivity index (χ4v) is 3.71. The first-order chi connectivity index (χ1) is 11.5. The summed E-state index contributed by atoms with van der Waals surface area (Å²) in [6.07, 6.45) is 3.55. The average molecular weight is 333 g/mol. The third kappa shape index (κ3) is 2.57. The number of nitrogens with two attached hydrogens (primary N) is 1. The van der Waals surface area contributed by atoms with Crippen LogP contribution in [0.15, 0.2) is 18.3 Å². The van der Waals surface area contributed by atoms with E-state index in [1.807, 2.05) is 6.07 Å². The number of amides is 1. The molecular formula is C17H23N3O4. The summed E-state index contributed by atoms with van der Waals surface area (Å²) in [6.45, 7) is 2.94. The standard InChI is InChI=1S/C17H23N3O4/c1-2-17(16(22)23)10-12-4-3-7-19-14(12)20(17)15(21)13(18)11-5-8-24-9-6-11/h3-4,7,11,13H,2,5-6,8-10,18H2,1H3,(H,22,23)/t13-,17-/m0/s1. The van der Waals surface area contributed by atoms with Crippen LogP contribution in [-0.2, 0) is 20.7 Å². The summed E-state index contributed by atoms with van der Waals surface area (Å²) in [5.74, 6) is -0.948. The Kier molecular flexibility index (Phi) is 4.56. The van der Waals surface area contributed by atoms with Gasteiger partial charge in [-0.15, -0.1) is 0 Å². The van der Waals surface area contributed by atoms with E-state index in [1.54, 1.807) is 19.2 Å². The van der Waals surface area contributed by atoms with E-state index in [-0.39, 0.29) is 18.2 Å². The molecule has 130 valence electrons. The Balaban J connectivity index is 1.97. The number of carbonyl (C=O) groups is 2. The molecule has 0 bridgehead atoms. The van der Waals surface area contributed by atoms with Crippen LogP contribution in [0.3, 0.4) is 0 Å². The number of pyridine rings is 1. The fourth-order valence-electron chi connectivity index (χ4n) is 3.71. The van der Waals surface area contributed by atoms with Crippen LogP contribution in [0.25, 0.3) is 0 Å². The molecule has 2 atom stereocenters. The maximum Gasteiger partial charge on any atom is 0.330 e. The maximum absolute atomic E-state index is 13.1. The number of carboxylic acid groups (broad SMARTS) is 1. The molecule has 3 N–H and O–H groups in total. The van der Waals surface area contributed by atoms with Crippen molar-refractivity contribution in [1.82, 2.24) is 4.98 Å². The Morgan fingerprint density at radius 2 is 2.21 bits per heavy atom. The van der Waals surface area contributed by atoms with E-state index in [0.717, 1.165) is 5.56 Å². The Bertz CT molecular complexity index is 644. The van der Waals surface area contributed by atoms with Crippen molar-refractivity contribution >= 4 is 17.7 Å². The molecule has 1 amide bonds. The summed E-state index contributed by atoms with van der Waals surface area (Å²) < 4.78 is 5.32. The molecule has 0 saturated carbocycles. The lowest BCUT2D eigenvalue weighted by Gasteiger charge is -2.37. The second kappa shape index (κ2) is 6.49. The zero-order chi connectivity index (χ0) is 17.3. The monoisotopic (exact) mass is 333 g/mol. The van der Waals surface area contributed by atoms with Gasteiger partial charge < -0.3 is 15.6 Å². The molecule has 0 aromatic carbocycles. The SMILES string of the molecule is CC[C@@]1(C(=O)O)Cc2cccnc2N1C(=O)[C@@H](N)C1CCOCC1. The molecule has 0 unspecified atom stereocenters. The molecule has 1 fully saturated rings. The van der Waals surface area contributed by atoms with E-state index in [2.05, 4.69) is 4.98 Å². The summed E-state index contributed by atoms with van der Waals surface area (Å²) in [6, 6.07) is 2.84. The van der Waals surface area contributed by atoms with Crippen LogP contribution >= 0.6 is 0 Å². The lowest BCUT2D eigenvalue weighted by molar-refractivity contribution is -0.145. The van der Waals surface area contributed by atoms with Gasteiger partial charge in [0.15, 0.2) is 5.54 Å². The number of hydrogen-bond acceptors (Lipinski definition) is 5. The normalized spacial score (nSPS) is 25.3. The Morgan fingerprint density at radius 1 is 1.50 bits per heavy atom. The van der Waals surface area contributed by atoms with Crippen molar-refractivity contribution in [1.29, 1.82) is 0 Å². The quantitative estimate of drug-likeness (QED) is 0.850. The predicted octanol–water partition coefficient (Wildman–Crippen LogP) is 0.958. The number of ether oxygens (including phenoxy) is 1. The van der Waals surface area contributed by atoms with Gasteiger partial charge in [0.2, 0.25) is 5.91 Å². The molecule has 0 spiro atoms. The van der Waals surface area contributed by atoms with Gasteiger partial charge in [0.25, 0.3) is 0 Å². The number of rotatable bonds is 4. The summed E-state index contributed by atoms with van der Waals surface area (Å²) in [5.41, 5.74) is 5.70. The second-order valence-corrected chi connectivity index (χ2v) is 6.50. The van der Waals surface area contributed by atoms with E-state index in [1.165, 1.54) is 4.90 Å². The molecule has 2 aliphatic heterocycles. The van der Waals surface area contributed by atoms with E-state index in [0.29, 0.717) is 38.3 Å². The summed E-state index contributed by atoms with van der Waals surface area (Å²) in [4.78, 5) is 30.8. The molecule has 1 saturated heterocycles. The predicted molar refractivity (Wildman–Crippen MR) is 87.6 cm³/mol. The van der Waals surface area contributed by atoms with Crippen LogP contribution in [0.1, 0.15) is 31.7 Å². The van der Waals surface area contributed by atoms with Crippen molar-refractivity contribution in [3.05, 3.63) is 23.9 Å². The highest BCUT2D eigenvalue weighted by atomic mass is 16.5. The lowest BCUT2D eigenvalue weighted by atomic mass is 9.88. The van der Waals surface area contributed by atoms with Gasteiger partial charge in [0, 0.05) is 25.8 Å². The van der Waals surface area contributed by atoms with Gasteiger partial charge in [-0.25, -0.2) is 9.78 Å². The largest absolute Gasteiger partial charge is 0.479 e. The van der Waals surface area contributed by atoms with Crippen LogP contribution in [0.2, 0.25) is 0 Å². The van der Waals surface area contributed by atoms with E-state index in [9.17, 15) is 14.7 Å². The number of anilines is 1. The highest BCUT2D eigenvalue weighted by Crippen LogP contribution is 2.40. The fraction of sp³-hybridized carbons (Fsp3) is 0.588. The van der Waals surface area contributed by atoms with Crippen molar-refractivity contribution < 1.29 is 19.4 Å². The minimum Gasteiger partial charge on any atom is -0.479 e. The molecule has 3 heterocycles. The number of fused-ring (bicyclic) bond motifs is 1. The zero-order valence-corrected chi connectivity index (χ0v) is 13.8. The maximum atomic E-state index is 13.1. The average Bonchev–Trinajstić information content (AvgIpc) is 2.96. The highest BCUT2D eigenvalue weighted by Gasteiger charge is 2.53. The van der Waals surface area contributed by atoms with Gasteiger partial charge in [0.1, 0.15) is 5.82 Å². The molecule has 7 heteroatoms. The zero-order valence-electron chi connectivity index (χ0n) is 13.8. The number of aromatic nitrogens is 1. The summed E-state index contributed by atoms with van der Waals surface area (Å²) >= 11 is 0. The number of carbonyl (C=O) groups excluding carboxylic acids is 1. The molecule has 0 radical (unpaired) electrons. The first-order valence-electron chi connectivity index (χ1n) is 8.36. The van der Waals surface area contributed by atoms with Gasteiger partial charge in [-0.05, 0) is 36.8 Å². The van der Waals surface area contributed by atoms with Crippen LogP contribution < -0.4 is 10.6 Å². The second-order valence-electron chi connectivity index (χ2n) is 6.50. The highest BCUT2D eigenvalue weighted by molar-refractivity contribution is 6.06. The van der Waals surface area contributed by atoms with E-state index < -0.39 is 17.6 Å². The Labute approximate surface area is 140 Å². The minimum absolute atomic E-state index is 0.00219. The third-order valence-corrected chi connectivity index (χ3v) is 5.25. The van der Waals surface area contributed by atoms with Crippen LogP contribution in [-0.4, -0.2) is 46.8 Å². The Hall–Kier alpha value is -1.99. The van der Waals surface area contributed by atoms with Crippen molar-refractivity contribution in [3.63, 3.8) is 0 Å². The molecule has 2 aliphatic rings. The first-order valence-corrected chi connectivity index (χ1v) is 8.36. The van der Waals surface area contributed by atoms with Crippen LogP contribution in [0.5, 0.6) is 0 Å². The lowest BCUT2D eigenvalue weighted by Crippen LogP contribution is -2.60. The molecule has 24 heavy (non-hydrogen) atoms. The van der Waals surface area contributed by atoms with Crippen LogP contribution in [0, 0.1) is 5.92 Å². The number of nitrogens with zero attached hydrogens (tertiary/aromatic N) is 2. The number of carboxylic acids is 1. The van der Waals surface area contributed by atoms with Crippen LogP contribution in [0.4, 0.5) is 5.82 Å². The third-order valence-electron chi connectivity index (χ3n) is 5.25. The molecule has 0 aliphatic carbocycles. The molecule has 7 nitrogen and oxygen atoms in total. The smallest absolute Gasteiger partial charge is 0.330 e. The van der Waals surface area contributed by atoms with Gasteiger partial charge in [-0.3, -0.25) is 9.69 Å². The first kappa shape index (κ1) is 16.9. The number of aliphatic carboxylic acids is 1. The van der Waals surface area contributed by atoms with Crippen molar-refractivity contribution in [3.8, 4) is 0 Å². The van der Waals surface area contributed by atoms with E-state index >= 15 is 0 Å². The Morgan fingerprint density at radius 3 is 2.83 bits per heavy atom. The van der Waals surface area contributed by atoms with Crippen molar-refractivity contribution in [2.24, 2.45) is 11.7 Å². The van der Waals surface area contributed by atoms with Crippen molar-refractivity contribution in [2.75, 3.05) is 18.1 Å². The summed E-state index contributed by atoms with van der Waals surface area (Å²) in [5, 5.41) is 9.86. The molecule has 1 aromatic heterocycles. The molecule has 1 aromatic rings.